The molecule has 6 nitrogen and oxygen atoms in total. The van der Waals surface area contributed by atoms with Crippen molar-refractivity contribution in [2.75, 3.05) is 0 Å². The first-order valence-corrected chi connectivity index (χ1v) is 6.33. The van der Waals surface area contributed by atoms with Gasteiger partial charge in [0.25, 0.3) is 5.56 Å². The van der Waals surface area contributed by atoms with Crippen LogP contribution >= 0.6 is 11.6 Å². The van der Waals surface area contributed by atoms with Gasteiger partial charge in [0, 0.05) is 6.20 Å². The van der Waals surface area contributed by atoms with Gasteiger partial charge >= 0.3 is 6.18 Å². The van der Waals surface area contributed by atoms with Gasteiger partial charge in [-0.2, -0.15) is 23.0 Å². The minimum atomic E-state index is -4.55. The number of hydrogen-bond acceptors (Lipinski definition) is 4. The SMILES string of the molecule is Cc1nc2c(cnn2-c2ncc(C(F)(F)F)cc2Cl)c(=O)[nH]1. The zero-order valence-electron chi connectivity index (χ0n) is 10.9. The predicted molar refractivity (Wildman–Crippen MR) is 72.0 cm³/mol. The van der Waals surface area contributed by atoms with Crippen LogP contribution in [0.25, 0.3) is 16.9 Å². The number of fused-ring (bicyclic) bond motifs is 1. The summed E-state index contributed by atoms with van der Waals surface area (Å²) < 4.78 is 39.0. The molecule has 0 aliphatic carbocycles. The molecule has 3 aromatic rings. The lowest BCUT2D eigenvalue weighted by Crippen LogP contribution is -2.11. The lowest BCUT2D eigenvalue weighted by atomic mass is 10.3. The lowest BCUT2D eigenvalue weighted by Gasteiger charge is -2.09. The van der Waals surface area contributed by atoms with E-state index in [0.29, 0.717) is 12.0 Å². The largest absolute Gasteiger partial charge is 0.417 e. The van der Waals surface area contributed by atoms with Crippen LogP contribution < -0.4 is 5.56 Å². The van der Waals surface area contributed by atoms with Crippen molar-refractivity contribution in [1.82, 2.24) is 24.7 Å². The Morgan fingerprint density at radius 2 is 2.05 bits per heavy atom. The summed E-state index contributed by atoms with van der Waals surface area (Å²) in [4.78, 5) is 22.1. The van der Waals surface area contributed by atoms with Crippen molar-refractivity contribution in [3.63, 3.8) is 0 Å². The smallest absolute Gasteiger partial charge is 0.310 e. The third kappa shape index (κ3) is 2.33. The monoisotopic (exact) mass is 329 g/mol. The normalized spacial score (nSPS) is 12.0. The van der Waals surface area contributed by atoms with Crippen molar-refractivity contribution in [3.05, 3.63) is 45.2 Å². The summed E-state index contributed by atoms with van der Waals surface area (Å²) in [6, 6.07) is 0.747. The van der Waals surface area contributed by atoms with Crippen molar-refractivity contribution in [2.45, 2.75) is 13.1 Å². The molecule has 0 amide bonds. The Labute approximate surface area is 125 Å². The molecule has 0 atom stereocenters. The number of pyridine rings is 1. The third-order valence-corrected chi connectivity index (χ3v) is 3.18. The zero-order chi connectivity index (χ0) is 16.1. The maximum Gasteiger partial charge on any atom is 0.417 e. The van der Waals surface area contributed by atoms with E-state index in [4.69, 9.17) is 11.6 Å². The molecule has 0 aromatic carbocycles. The van der Waals surface area contributed by atoms with Gasteiger partial charge in [0.2, 0.25) is 0 Å². The second-order valence-corrected chi connectivity index (χ2v) is 4.88. The fraction of sp³-hybridized carbons (Fsp3) is 0.167. The van der Waals surface area contributed by atoms with E-state index < -0.39 is 17.3 Å². The van der Waals surface area contributed by atoms with E-state index in [0.717, 1.165) is 10.7 Å². The van der Waals surface area contributed by atoms with Gasteiger partial charge < -0.3 is 4.98 Å². The molecule has 3 rings (SSSR count). The number of H-pyrrole nitrogens is 1. The highest BCUT2D eigenvalue weighted by atomic mass is 35.5. The Morgan fingerprint density at radius 1 is 1.32 bits per heavy atom. The zero-order valence-corrected chi connectivity index (χ0v) is 11.7. The van der Waals surface area contributed by atoms with Crippen LogP contribution in [0.4, 0.5) is 13.2 Å². The van der Waals surface area contributed by atoms with Gasteiger partial charge in [-0.25, -0.2) is 9.97 Å². The molecule has 0 fully saturated rings. The van der Waals surface area contributed by atoms with E-state index in [-0.39, 0.29) is 21.9 Å². The summed E-state index contributed by atoms with van der Waals surface area (Å²) in [5, 5.41) is 3.86. The summed E-state index contributed by atoms with van der Waals surface area (Å²) in [5.41, 5.74) is -1.22. The second-order valence-electron chi connectivity index (χ2n) is 4.47. The van der Waals surface area contributed by atoms with Crippen molar-refractivity contribution >= 4 is 22.6 Å². The van der Waals surface area contributed by atoms with E-state index in [1.165, 1.54) is 6.20 Å². The minimum absolute atomic E-state index is 0.0397. The molecule has 0 spiro atoms. The lowest BCUT2D eigenvalue weighted by molar-refractivity contribution is -0.137. The minimum Gasteiger partial charge on any atom is -0.310 e. The molecular weight excluding hydrogens is 323 g/mol. The number of nitrogens with zero attached hydrogens (tertiary/aromatic N) is 4. The molecular formula is C12H7ClF3N5O. The first kappa shape index (κ1) is 14.5. The standard InChI is InChI=1S/C12H7ClF3N5O/c1-5-19-9-7(11(22)20-5)4-18-21(9)10-8(13)2-6(3-17-10)12(14,15)16/h2-4H,1H3,(H,19,20,22). The van der Waals surface area contributed by atoms with Crippen LogP contribution in [0.2, 0.25) is 5.02 Å². The third-order valence-electron chi connectivity index (χ3n) is 2.91. The fourth-order valence-electron chi connectivity index (χ4n) is 1.92. The summed E-state index contributed by atoms with van der Waals surface area (Å²) >= 11 is 5.87. The van der Waals surface area contributed by atoms with Crippen molar-refractivity contribution in [1.29, 1.82) is 0 Å². The Hall–Kier alpha value is -2.42. The van der Waals surface area contributed by atoms with Crippen LogP contribution in [0.1, 0.15) is 11.4 Å². The van der Waals surface area contributed by atoms with Crippen LogP contribution in [0.3, 0.4) is 0 Å². The Morgan fingerprint density at radius 3 is 2.68 bits per heavy atom. The molecule has 0 unspecified atom stereocenters. The van der Waals surface area contributed by atoms with Crippen LogP contribution in [0.5, 0.6) is 0 Å². The molecule has 3 aromatic heterocycles. The first-order chi connectivity index (χ1) is 10.3. The molecule has 0 aliphatic heterocycles. The number of alkyl halides is 3. The average molecular weight is 330 g/mol. The number of aromatic amines is 1. The number of nitrogens with one attached hydrogen (secondary N) is 1. The van der Waals surface area contributed by atoms with E-state index in [2.05, 4.69) is 20.1 Å². The number of aryl methyl sites for hydroxylation is 1. The van der Waals surface area contributed by atoms with Crippen molar-refractivity contribution in [3.8, 4) is 5.82 Å². The molecule has 0 aliphatic rings. The van der Waals surface area contributed by atoms with Crippen molar-refractivity contribution < 1.29 is 13.2 Å². The Bertz CT molecular complexity index is 931. The van der Waals surface area contributed by atoms with Gasteiger partial charge in [-0.3, -0.25) is 4.79 Å². The molecule has 22 heavy (non-hydrogen) atoms. The molecule has 0 saturated carbocycles. The Balaban J connectivity index is 2.22. The summed E-state index contributed by atoms with van der Waals surface area (Å²) in [6.45, 7) is 1.57. The highest BCUT2D eigenvalue weighted by Gasteiger charge is 2.32. The van der Waals surface area contributed by atoms with Crippen LogP contribution in [0.15, 0.2) is 23.3 Å². The first-order valence-electron chi connectivity index (χ1n) is 5.95. The van der Waals surface area contributed by atoms with Gasteiger partial charge in [0.05, 0.1) is 16.8 Å². The van der Waals surface area contributed by atoms with Crippen molar-refractivity contribution in [2.24, 2.45) is 0 Å². The Kier molecular flexibility index (Phi) is 3.17. The molecule has 0 saturated heterocycles. The van der Waals surface area contributed by atoms with E-state index in [1.807, 2.05) is 0 Å². The maximum absolute atomic E-state index is 12.6. The van der Waals surface area contributed by atoms with E-state index >= 15 is 0 Å². The highest BCUT2D eigenvalue weighted by molar-refractivity contribution is 6.32. The molecule has 10 heteroatoms. The molecule has 3 heterocycles. The number of hydrogen-bond donors (Lipinski definition) is 1. The number of aromatic nitrogens is 5. The topological polar surface area (TPSA) is 76.5 Å². The van der Waals surface area contributed by atoms with Crippen LogP contribution in [0, 0.1) is 6.92 Å². The molecule has 0 bridgehead atoms. The predicted octanol–water partition coefficient (Wildman–Crippen LogP) is 2.48. The second kappa shape index (κ2) is 4.80. The van der Waals surface area contributed by atoms with Gasteiger partial charge in [-0.15, -0.1) is 0 Å². The summed E-state index contributed by atoms with van der Waals surface area (Å²) in [7, 11) is 0. The van der Waals surface area contributed by atoms with E-state index in [1.54, 1.807) is 6.92 Å². The average Bonchev–Trinajstić information content (AvgIpc) is 2.81. The van der Waals surface area contributed by atoms with Gasteiger partial charge in [0.1, 0.15) is 11.2 Å². The maximum atomic E-state index is 12.6. The quantitative estimate of drug-likeness (QED) is 0.744. The highest BCUT2D eigenvalue weighted by Crippen LogP contribution is 2.32. The fourth-order valence-corrected chi connectivity index (χ4v) is 2.17. The van der Waals surface area contributed by atoms with Crippen LogP contribution in [-0.2, 0) is 6.18 Å². The summed E-state index contributed by atoms with van der Waals surface area (Å²) in [5.74, 6) is 0.296. The molecule has 1 N–H and O–H groups in total. The van der Waals surface area contributed by atoms with Gasteiger partial charge in [-0.05, 0) is 13.0 Å². The number of halogens is 4. The van der Waals surface area contributed by atoms with Crippen LogP contribution in [-0.4, -0.2) is 24.7 Å². The van der Waals surface area contributed by atoms with E-state index in [9.17, 15) is 18.0 Å². The molecule has 0 radical (unpaired) electrons. The summed E-state index contributed by atoms with van der Waals surface area (Å²) in [6.07, 6.45) is -2.65. The number of rotatable bonds is 1. The van der Waals surface area contributed by atoms with Gasteiger partial charge in [0.15, 0.2) is 11.5 Å². The van der Waals surface area contributed by atoms with Gasteiger partial charge in [-0.1, -0.05) is 11.6 Å². The molecule has 114 valence electrons.